The molecule has 1 saturated heterocycles. The molecule has 0 radical (unpaired) electrons. The first-order chi connectivity index (χ1) is 13.6. The zero-order valence-corrected chi connectivity index (χ0v) is 16.8. The number of hydrogen-bond donors (Lipinski definition) is 1. The van der Waals surface area contributed by atoms with E-state index < -0.39 is 5.41 Å². The fourth-order valence-corrected chi connectivity index (χ4v) is 3.51. The minimum atomic E-state index is -0.629. The number of amides is 1. The Morgan fingerprint density at radius 1 is 1.25 bits per heavy atom. The van der Waals surface area contributed by atoms with Gasteiger partial charge in [-0.2, -0.15) is 0 Å². The van der Waals surface area contributed by atoms with Crippen LogP contribution in [-0.2, 0) is 14.9 Å². The Kier molecular flexibility index (Phi) is 6.52. The van der Waals surface area contributed by atoms with E-state index in [0.717, 1.165) is 23.3 Å². The number of carbonyl (C=O) groups excluding carboxylic acids is 1. The number of ether oxygens (including phenoxy) is 3. The fraction of sp³-hybridized carbons (Fsp3) is 0.455. The van der Waals surface area contributed by atoms with Gasteiger partial charge in [0.15, 0.2) is 0 Å². The van der Waals surface area contributed by atoms with Gasteiger partial charge < -0.3 is 19.5 Å². The van der Waals surface area contributed by atoms with Crippen molar-refractivity contribution in [2.45, 2.75) is 38.5 Å². The van der Waals surface area contributed by atoms with Crippen LogP contribution >= 0.6 is 0 Å². The molecule has 0 spiro atoms. The fourth-order valence-electron chi connectivity index (χ4n) is 3.51. The van der Waals surface area contributed by atoms with Crippen molar-refractivity contribution in [3.05, 3.63) is 47.7 Å². The van der Waals surface area contributed by atoms with Crippen LogP contribution in [0.2, 0.25) is 0 Å². The predicted molar refractivity (Wildman–Crippen MR) is 108 cm³/mol. The minimum Gasteiger partial charge on any atom is -0.497 e. The highest BCUT2D eigenvalue weighted by molar-refractivity contribution is 5.99. The van der Waals surface area contributed by atoms with Crippen LogP contribution in [0.1, 0.15) is 37.3 Å². The molecule has 2 heterocycles. The molecule has 1 aromatic heterocycles. The van der Waals surface area contributed by atoms with E-state index >= 15 is 0 Å². The molecule has 6 heteroatoms. The molecule has 0 aliphatic carbocycles. The third kappa shape index (κ3) is 4.28. The number of rotatable bonds is 7. The summed E-state index contributed by atoms with van der Waals surface area (Å²) in [6, 6.07) is 9.62. The Hall–Kier alpha value is -2.60. The van der Waals surface area contributed by atoms with Gasteiger partial charge in [-0.25, -0.2) is 4.98 Å². The molecule has 28 heavy (non-hydrogen) atoms. The zero-order chi connectivity index (χ0) is 20.0. The van der Waals surface area contributed by atoms with Crippen LogP contribution in [0.15, 0.2) is 36.5 Å². The van der Waals surface area contributed by atoms with E-state index in [9.17, 15) is 4.79 Å². The number of carbonyl (C=O) groups is 1. The summed E-state index contributed by atoms with van der Waals surface area (Å²) < 4.78 is 16.4. The maximum atomic E-state index is 13.4. The number of benzene rings is 1. The lowest BCUT2D eigenvalue weighted by Gasteiger charge is -2.36. The van der Waals surface area contributed by atoms with Gasteiger partial charge in [-0.15, -0.1) is 0 Å². The van der Waals surface area contributed by atoms with Crippen molar-refractivity contribution in [2.75, 3.05) is 32.2 Å². The van der Waals surface area contributed by atoms with Crippen LogP contribution in [-0.4, -0.2) is 37.8 Å². The van der Waals surface area contributed by atoms with Crippen molar-refractivity contribution in [1.29, 1.82) is 0 Å². The Balaban J connectivity index is 1.83. The van der Waals surface area contributed by atoms with Crippen LogP contribution in [0, 0.1) is 6.92 Å². The molecular weight excluding hydrogens is 356 g/mol. The number of nitrogens with one attached hydrogen (secondary N) is 1. The van der Waals surface area contributed by atoms with E-state index in [1.165, 1.54) is 0 Å². The predicted octanol–water partition coefficient (Wildman–Crippen LogP) is 3.87. The molecule has 1 N–H and O–H groups in total. The van der Waals surface area contributed by atoms with Gasteiger partial charge in [0.05, 0.1) is 31.0 Å². The van der Waals surface area contributed by atoms with Crippen molar-refractivity contribution < 1.29 is 19.0 Å². The molecule has 1 aliphatic heterocycles. The van der Waals surface area contributed by atoms with Gasteiger partial charge in [-0.3, -0.25) is 4.79 Å². The monoisotopic (exact) mass is 384 g/mol. The number of hydrogen-bond acceptors (Lipinski definition) is 5. The van der Waals surface area contributed by atoms with E-state index in [2.05, 4.69) is 17.2 Å². The normalized spacial score (nSPS) is 15.7. The second-order valence-electron chi connectivity index (χ2n) is 7.07. The summed E-state index contributed by atoms with van der Waals surface area (Å²) in [7, 11) is 1.63. The van der Waals surface area contributed by atoms with Crippen LogP contribution in [0.4, 0.5) is 5.69 Å². The molecule has 1 amide bonds. The van der Waals surface area contributed by atoms with Crippen LogP contribution < -0.4 is 14.8 Å². The summed E-state index contributed by atoms with van der Waals surface area (Å²) in [5.41, 5.74) is 1.92. The van der Waals surface area contributed by atoms with E-state index in [4.69, 9.17) is 14.2 Å². The van der Waals surface area contributed by atoms with Crippen LogP contribution in [0.5, 0.6) is 11.6 Å². The molecule has 150 valence electrons. The lowest BCUT2D eigenvalue weighted by molar-refractivity contribution is -0.125. The maximum absolute atomic E-state index is 13.4. The maximum Gasteiger partial charge on any atom is 0.235 e. The van der Waals surface area contributed by atoms with Gasteiger partial charge in [0.25, 0.3) is 0 Å². The lowest BCUT2D eigenvalue weighted by atomic mass is 9.73. The van der Waals surface area contributed by atoms with Crippen LogP contribution in [0.25, 0.3) is 0 Å². The summed E-state index contributed by atoms with van der Waals surface area (Å²) in [5.74, 6) is 1.34. The average Bonchev–Trinajstić information content (AvgIpc) is 2.73. The van der Waals surface area contributed by atoms with Gasteiger partial charge in [-0.05, 0) is 49.9 Å². The lowest BCUT2D eigenvalue weighted by Crippen LogP contribution is -2.44. The first-order valence-corrected chi connectivity index (χ1v) is 9.72. The summed E-state index contributed by atoms with van der Waals surface area (Å²) in [5, 5.41) is 3.06. The number of anilines is 1. The number of nitrogens with zero attached hydrogens (tertiary/aromatic N) is 1. The summed E-state index contributed by atoms with van der Waals surface area (Å²) in [4.78, 5) is 17.7. The molecule has 0 unspecified atom stereocenters. The van der Waals surface area contributed by atoms with E-state index in [1.807, 2.05) is 37.3 Å². The second kappa shape index (κ2) is 9.06. The van der Waals surface area contributed by atoms with E-state index in [1.54, 1.807) is 13.3 Å². The highest BCUT2D eigenvalue weighted by Crippen LogP contribution is 2.37. The molecule has 0 bridgehead atoms. The van der Waals surface area contributed by atoms with Gasteiger partial charge in [-0.1, -0.05) is 19.1 Å². The molecule has 0 saturated carbocycles. The van der Waals surface area contributed by atoms with E-state index in [0.29, 0.717) is 44.2 Å². The molecule has 1 aromatic carbocycles. The quantitative estimate of drug-likeness (QED) is 0.785. The highest BCUT2D eigenvalue weighted by atomic mass is 16.5. The molecule has 1 fully saturated rings. The largest absolute Gasteiger partial charge is 0.497 e. The smallest absolute Gasteiger partial charge is 0.235 e. The first kappa shape index (κ1) is 20.1. The average molecular weight is 384 g/mol. The van der Waals surface area contributed by atoms with Crippen molar-refractivity contribution in [3.8, 4) is 11.6 Å². The minimum absolute atomic E-state index is 0.0376. The Morgan fingerprint density at radius 3 is 2.57 bits per heavy atom. The second-order valence-corrected chi connectivity index (χ2v) is 7.07. The van der Waals surface area contributed by atoms with Crippen molar-refractivity contribution in [2.24, 2.45) is 0 Å². The standard InChI is InChI=1S/C22H28N2O4/c1-4-11-28-20-16(2)14-18(15-23-20)24-21(25)22(9-12-27-13-10-22)17-5-7-19(26-3)8-6-17/h5-8,14-15H,4,9-13H2,1-3H3,(H,24,25). The Labute approximate surface area is 166 Å². The zero-order valence-electron chi connectivity index (χ0n) is 16.8. The van der Waals surface area contributed by atoms with E-state index in [-0.39, 0.29) is 5.91 Å². The van der Waals surface area contributed by atoms with Gasteiger partial charge in [0, 0.05) is 18.8 Å². The number of methoxy groups -OCH3 is 1. The summed E-state index contributed by atoms with van der Waals surface area (Å²) in [6.07, 6.45) is 3.84. The molecular formula is C22H28N2O4. The first-order valence-electron chi connectivity index (χ1n) is 9.72. The molecule has 3 rings (SSSR count). The van der Waals surface area contributed by atoms with Gasteiger partial charge in [0.1, 0.15) is 5.75 Å². The number of pyridine rings is 1. The molecule has 0 atom stereocenters. The third-order valence-electron chi connectivity index (χ3n) is 5.15. The van der Waals surface area contributed by atoms with Crippen LogP contribution in [0.3, 0.4) is 0 Å². The van der Waals surface area contributed by atoms with Crippen molar-refractivity contribution >= 4 is 11.6 Å². The highest BCUT2D eigenvalue weighted by Gasteiger charge is 2.41. The molecule has 1 aliphatic rings. The number of aromatic nitrogens is 1. The van der Waals surface area contributed by atoms with Gasteiger partial charge >= 0.3 is 0 Å². The Morgan fingerprint density at radius 2 is 1.96 bits per heavy atom. The van der Waals surface area contributed by atoms with Gasteiger partial charge in [0.2, 0.25) is 11.8 Å². The molecule has 6 nitrogen and oxygen atoms in total. The Bertz CT molecular complexity index is 799. The summed E-state index contributed by atoms with van der Waals surface area (Å²) >= 11 is 0. The topological polar surface area (TPSA) is 69.7 Å². The van der Waals surface area contributed by atoms with Crippen molar-refractivity contribution in [1.82, 2.24) is 4.98 Å². The molecule has 2 aromatic rings. The SMILES string of the molecule is CCCOc1ncc(NC(=O)C2(c3ccc(OC)cc3)CCOCC2)cc1C. The third-order valence-corrected chi connectivity index (χ3v) is 5.15. The summed E-state index contributed by atoms with van der Waals surface area (Å²) in [6.45, 7) is 5.72. The van der Waals surface area contributed by atoms with Crippen molar-refractivity contribution in [3.63, 3.8) is 0 Å². The number of aryl methyl sites for hydroxylation is 1.